The predicted octanol–water partition coefficient (Wildman–Crippen LogP) is 2.64. The molecule has 0 aliphatic heterocycles. The molecule has 0 heterocycles. The topological polar surface area (TPSA) is 38.7 Å². The van der Waals surface area contributed by atoms with E-state index in [-0.39, 0.29) is 6.29 Å². The van der Waals surface area contributed by atoms with E-state index < -0.39 is 5.60 Å². The molecule has 0 fully saturated rings. The van der Waals surface area contributed by atoms with E-state index in [0.717, 1.165) is 18.4 Å². The predicted molar refractivity (Wildman–Crippen MR) is 64.2 cm³/mol. The van der Waals surface area contributed by atoms with Gasteiger partial charge in [-0.3, -0.25) is 0 Å². The summed E-state index contributed by atoms with van der Waals surface area (Å²) in [6, 6.07) is 0. The van der Waals surface area contributed by atoms with E-state index in [4.69, 9.17) is 9.47 Å². The maximum absolute atomic E-state index is 10.5. The van der Waals surface area contributed by atoms with Crippen molar-refractivity contribution in [2.45, 2.75) is 57.3 Å². The third-order valence-electron chi connectivity index (χ3n) is 3.32. The van der Waals surface area contributed by atoms with Gasteiger partial charge in [-0.25, -0.2) is 0 Å². The van der Waals surface area contributed by atoms with Crippen LogP contribution in [0.3, 0.4) is 0 Å². The van der Waals surface area contributed by atoms with Crippen LogP contribution in [0.5, 0.6) is 0 Å². The minimum Gasteiger partial charge on any atom is -0.386 e. The van der Waals surface area contributed by atoms with Crippen LogP contribution >= 0.6 is 0 Å². The molecule has 0 saturated carbocycles. The molecule has 0 aromatic carbocycles. The first-order chi connectivity index (χ1) is 7.60. The van der Waals surface area contributed by atoms with E-state index in [9.17, 15) is 5.11 Å². The molecule has 3 nitrogen and oxygen atoms in total. The zero-order valence-electron chi connectivity index (χ0n) is 10.7. The average molecular weight is 228 g/mol. The Bertz CT molecular complexity index is 229. The minimum absolute atomic E-state index is 0.334. The van der Waals surface area contributed by atoms with Gasteiger partial charge in [-0.1, -0.05) is 12.5 Å². The number of aliphatic hydroxyl groups is 1. The van der Waals surface area contributed by atoms with Crippen LogP contribution in [-0.2, 0) is 9.47 Å². The molecule has 0 saturated heterocycles. The first-order valence-corrected chi connectivity index (χ1v) is 6.07. The summed E-state index contributed by atoms with van der Waals surface area (Å²) in [5, 5.41) is 10.5. The van der Waals surface area contributed by atoms with E-state index in [1.807, 2.05) is 6.92 Å². The third-order valence-corrected chi connectivity index (χ3v) is 3.32. The van der Waals surface area contributed by atoms with Gasteiger partial charge in [-0.05, 0) is 38.2 Å². The summed E-state index contributed by atoms with van der Waals surface area (Å²) in [7, 11) is 3.21. The highest BCUT2D eigenvalue weighted by molar-refractivity contribution is 5.16. The van der Waals surface area contributed by atoms with Gasteiger partial charge < -0.3 is 14.6 Å². The van der Waals surface area contributed by atoms with Gasteiger partial charge in [0.1, 0.15) is 0 Å². The van der Waals surface area contributed by atoms with E-state index in [2.05, 4.69) is 6.08 Å². The lowest BCUT2D eigenvalue weighted by molar-refractivity contribution is -0.133. The van der Waals surface area contributed by atoms with Crippen LogP contribution in [0.2, 0.25) is 0 Å². The zero-order chi connectivity index (χ0) is 12.0. The first kappa shape index (κ1) is 13.7. The van der Waals surface area contributed by atoms with Gasteiger partial charge in [-0.2, -0.15) is 0 Å². The maximum atomic E-state index is 10.5. The van der Waals surface area contributed by atoms with Crippen LogP contribution in [0.1, 0.15) is 45.4 Å². The summed E-state index contributed by atoms with van der Waals surface area (Å²) in [5.41, 5.74) is 0.338. The molecule has 0 bridgehead atoms. The minimum atomic E-state index is -0.805. The highest BCUT2D eigenvalue weighted by Gasteiger charge is 2.29. The number of hydrogen-bond donors (Lipinski definition) is 1. The molecule has 0 aromatic heterocycles. The summed E-state index contributed by atoms with van der Waals surface area (Å²) >= 11 is 0. The number of methoxy groups -OCH3 is 2. The van der Waals surface area contributed by atoms with E-state index in [0.29, 0.717) is 6.42 Å². The molecule has 1 aliphatic rings. The number of rotatable bonds is 5. The number of ether oxygens (including phenoxy) is 2. The Kier molecular flexibility index (Phi) is 5.46. The molecule has 0 radical (unpaired) electrons. The van der Waals surface area contributed by atoms with Crippen molar-refractivity contribution < 1.29 is 14.6 Å². The molecule has 1 N–H and O–H groups in total. The van der Waals surface area contributed by atoms with Gasteiger partial charge in [0.25, 0.3) is 0 Å². The molecule has 1 aliphatic carbocycles. The van der Waals surface area contributed by atoms with E-state index >= 15 is 0 Å². The van der Waals surface area contributed by atoms with Gasteiger partial charge >= 0.3 is 0 Å². The lowest BCUT2D eigenvalue weighted by Crippen LogP contribution is -2.33. The highest BCUT2D eigenvalue weighted by atomic mass is 16.7. The summed E-state index contributed by atoms with van der Waals surface area (Å²) < 4.78 is 10.3. The molecule has 1 atom stereocenters. The zero-order valence-corrected chi connectivity index (χ0v) is 10.7. The summed E-state index contributed by atoms with van der Waals surface area (Å²) in [5.74, 6) is 0. The van der Waals surface area contributed by atoms with Crippen molar-refractivity contribution in [2.75, 3.05) is 14.2 Å². The van der Waals surface area contributed by atoms with Crippen molar-refractivity contribution in [3.8, 4) is 0 Å². The van der Waals surface area contributed by atoms with Gasteiger partial charge in [0.05, 0.1) is 5.60 Å². The Morgan fingerprint density at radius 1 is 1.31 bits per heavy atom. The molecule has 1 rings (SSSR count). The largest absolute Gasteiger partial charge is 0.386 e. The Balaban J connectivity index is 2.63. The molecule has 16 heavy (non-hydrogen) atoms. The lowest BCUT2D eigenvalue weighted by atomic mass is 9.88. The van der Waals surface area contributed by atoms with E-state index in [1.165, 1.54) is 19.3 Å². The van der Waals surface area contributed by atoms with Crippen molar-refractivity contribution >= 4 is 0 Å². The van der Waals surface area contributed by atoms with Gasteiger partial charge in [0, 0.05) is 20.6 Å². The third kappa shape index (κ3) is 3.89. The molecule has 0 aromatic rings. The van der Waals surface area contributed by atoms with Gasteiger partial charge in [0.15, 0.2) is 6.29 Å². The van der Waals surface area contributed by atoms with Crippen LogP contribution < -0.4 is 0 Å². The van der Waals surface area contributed by atoms with Gasteiger partial charge in [-0.15, -0.1) is 0 Å². The number of allylic oxidation sites excluding steroid dienone is 1. The van der Waals surface area contributed by atoms with E-state index in [1.54, 1.807) is 14.2 Å². The molecule has 0 amide bonds. The fourth-order valence-corrected chi connectivity index (χ4v) is 2.22. The van der Waals surface area contributed by atoms with Crippen molar-refractivity contribution in [2.24, 2.45) is 0 Å². The summed E-state index contributed by atoms with van der Waals surface area (Å²) in [6.45, 7) is 1.86. The molecular formula is C13H24O3. The normalized spacial score (nSPS) is 21.4. The Labute approximate surface area is 98.4 Å². The van der Waals surface area contributed by atoms with Crippen LogP contribution in [0, 0.1) is 0 Å². The Hall–Kier alpha value is -0.380. The lowest BCUT2D eigenvalue weighted by Gasteiger charge is -2.29. The quantitative estimate of drug-likeness (QED) is 0.580. The summed E-state index contributed by atoms with van der Waals surface area (Å²) in [6.07, 6.45) is 8.09. The SMILES string of the molecule is COC(CC(C)(O)C1=CCCCCC1)OC. The second kappa shape index (κ2) is 6.38. The molecular weight excluding hydrogens is 204 g/mol. The van der Waals surface area contributed by atoms with Crippen LogP contribution in [0.25, 0.3) is 0 Å². The second-order valence-electron chi connectivity index (χ2n) is 4.71. The van der Waals surface area contributed by atoms with Crippen LogP contribution in [0.4, 0.5) is 0 Å². The fourth-order valence-electron chi connectivity index (χ4n) is 2.22. The highest BCUT2D eigenvalue weighted by Crippen LogP contribution is 2.30. The van der Waals surface area contributed by atoms with Crippen molar-refractivity contribution in [3.05, 3.63) is 11.6 Å². The summed E-state index contributed by atoms with van der Waals surface area (Å²) in [4.78, 5) is 0. The molecule has 1 unspecified atom stereocenters. The fraction of sp³-hybridized carbons (Fsp3) is 0.846. The van der Waals surface area contributed by atoms with Crippen molar-refractivity contribution in [1.82, 2.24) is 0 Å². The molecule has 0 spiro atoms. The molecule has 94 valence electrons. The number of hydrogen-bond acceptors (Lipinski definition) is 3. The standard InChI is InChI=1S/C13H24O3/c1-13(14,10-12(15-2)16-3)11-8-6-4-5-7-9-11/h8,12,14H,4-7,9-10H2,1-3H3. The van der Waals surface area contributed by atoms with Gasteiger partial charge in [0.2, 0.25) is 0 Å². The van der Waals surface area contributed by atoms with Crippen LogP contribution in [-0.4, -0.2) is 31.2 Å². The van der Waals surface area contributed by atoms with Crippen molar-refractivity contribution in [1.29, 1.82) is 0 Å². The van der Waals surface area contributed by atoms with Crippen molar-refractivity contribution in [3.63, 3.8) is 0 Å². The Morgan fingerprint density at radius 2 is 2.00 bits per heavy atom. The average Bonchev–Trinajstić information content (AvgIpc) is 2.54. The Morgan fingerprint density at radius 3 is 2.62 bits per heavy atom. The maximum Gasteiger partial charge on any atom is 0.159 e. The molecule has 3 heteroatoms. The second-order valence-corrected chi connectivity index (χ2v) is 4.71. The van der Waals surface area contributed by atoms with Crippen LogP contribution in [0.15, 0.2) is 11.6 Å². The smallest absolute Gasteiger partial charge is 0.159 e. The first-order valence-electron chi connectivity index (χ1n) is 6.07. The monoisotopic (exact) mass is 228 g/mol.